The van der Waals surface area contributed by atoms with Crippen molar-refractivity contribution >= 4 is 11.6 Å². The zero-order valence-electron chi connectivity index (χ0n) is 11.2. The first kappa shape index (κ1) is 14.5. The van der Waals surface area contributed by atoms with Gasteiger partial charge in [-0.1, -0.05) is 23.7 Å². The molecule has 0 fully saturated rings. The maximum atomic E-state index is 9.40. The summed E-state index contributed by atoms with van der Waals surface area (Å²) in [7, 11) is 3.10. The number of ether oxygens (including phenoxy) is 3. The van der Waals surface area contributed by atoms with Crippen molar-refractivity contribution in [3.8, 4) is 23.0 Å². The Bertz CT molecular complexity index is 576. The highest BCUT2D eigenvalue weighted by molar-refractivity contribution is 6.31. The number of hydrogen-bond acceptors (Lipinski definition) is 4. The Morgan fingerprint density at radius 2 is 1.50 bits per heavy atom. The summed E-state index contributed by atoms with van der Waals surface area (Å²) in [6, 6.07) is 10.5. The van der Waals surface area contributed by atoms with Crippen molar-refractivity contribution in [1.29, 1.82) is 0 Å². The molecule has 106 valence electrons. The maximum absolute atomic E-state index is 9.40. The molecule has 4 nitrogen and oxygen atoms in total. The Hall–Kier alpha value is -1.91. The molecule has 0 aliphatic heterocycles. The van der Waals surface area contributed by atoms with Crippen molar-refractivity contribution < 1.29 is 19.3 Å². The van der Waals surface area contributed by atoms with E-state index in [4.69, 9.17) is 25.8 Å². The summed E-state index contributed by atoms with van der Waals surface area (Å²) in [5.74, 6) is 1.97. The lowest BCUT2D eigenvalue weighted by Crippen LogP contribution is -1.97. The molecule has 0 radical (unpaired) electrons. The average Bonchev–Trinajstić information content (AvgIpc) is 2.47. The molecule has 0 aliphatic carbocycles. The van der Waals surface area contributed by atoms with Gasteiger partial charge in [-0.2, -0.15) is 0 Å². The van der Waals surface area contributed by atoms with Crippen LogP contribution in [0.2, 0.25) is 5.02 Å². The maximum Gasteiger partial charge on any atom is 0.211 e. The van der Waals surface area contributed by atoms with E-state index >= 15 is 0 Å². The molecular formula is C15H15ClO4. The minimum absolute atomic E-state index is 0.216. The van der Waals surface area contributed by atoms with Crippen LogP contribution in [0.4, 0.5) is 0 Å². The van der Waals surface area contributed by atoms with Crippen LogP contribution < -0.4 is 14.2 Å². The minimum Gasteiger partial charge on any atom is -0.493 e. The molecule has 0 atom stereocenters. The predicted octanol–water partition coefficient (Wildman–Crippen LogP) is 3.64. The lowest BCUT2D eigenvalue weighted by Gasteiger charge is -2.16. The van der Waals surface area contributed by atoms with Crippen LogP contribution in [0.15, 0.2) is 36.4 Å². The summed E-state index contributed by atoms with van der Waals surface area (Å²) < 4.78 is 16.4. The summed E-state index contributed by atoms with van der Waals surface area (Å²) in [5.41, 5.74) is 0.516. The summed E-state index contributed by atoms with van der Waals surface area (Å²) in [5, 5.41) is 9.85. The second kappa shape index (κ2) is 6.50. The fourth-order valence-electron chi connectivity index (χ4n) is 1.82. The molecule has 0 aromatic heterocycles. The fourth-order valence-corrected chi connectivity index (χ4v) is 2.04. The number of rotatable bonds is 5. The molecule has 0 saturated carbocycles. The lowest BCUT2D eigenvalue weighted by molar-refractivity contribution is 0.274. The second-order valence-corrected chi connectivity index (χ2v) is 4.38. The summed E-state index contributed by atoms with van der Waals surface area (Å²) in [6.07, 6.45) is 0. The van der Waals surface area contributed by atoms with Gasteiger partial charge in [-0.15, -0.1) is 0 Å². The van der Waals surface area contributed by atoms with Gasteiger partial charge in [0, 0.05) is 10.6 Å². The van der Waals surface area contributed by atoms with Gasteiger partial charge in [0.05, 0.1) is 20.8 Å². The third-order valence-corrected chi connectivity index (χ3v) is 3.18. The first-order chi connectivity index (χ1) is 9.71. The first-order valence-corrected chi connectivity index (χ1v) is 6.36. The van der Waals surface area contributed by atoms with Gasteiger partial charge in [0.2, 0.25) is 5.75 Å². The number of aliphatic hydroxyl groups is 1. The van der Waals surface area contributed by atoms with E-state index in [-0.39, 0.29) is 6.61 Å². The quantitative estimate of drug-likeness (QED) is 0.914. The monoisotopic (exact) mass is 294 g/mol. The zero-order chi connectivity index (χ0) is 14.5. The van der Waals surface area contributed by atoms with E-state index < -0.39 is 0 Å². The van der Waals surface area contributed by atoms with Crippen LogP contribution in [-0.2, 0) is 6.61 Å². The Kier molecular flexibility index (Phi) is 4.71. The van der Waals surface area contributed by atoms with E-state index in [9.17, 15) is 5.11 Å². The van der Waals surface area contributed by atoms with Gasteiger partial charge in [-0.3, -0.25) is 0 Å². The molecular weight excluding hydrogens is 280 g/mol. The van der Waals surface area contributed by atoms with Crippen LogP contribution >= 0.6 is 11.6 Å². The van der Waals surface area contributed by atoms with Gasteiger partial charge in [0.25, 0.3) is 0 Å². The molecule has 0 spiro atoms. The Labute approximate surface area is 122 Å². The summed E-state index contributed by atoms with van der Waals surface area (Å²) in [6.45, 7) is -0.216. The van der Waals surface area contributed by atoms with E-state index in [0.29, 0.717) is 33.6 Å². The third kappa shape index (κ3) is 2.81. The molecule has 2 rings (SSSR count). The standard InChI is InChI=1S/C15H15ClO4/c1-18-13-7-4-8-14(19-2)15(13)20-12-6-3-5-11(16)10(12)9-17/h3-8,17H,9H2,1-2H3. The van der Waals surface area contributed by atoms with Crippen LogP contribution in [0.5, 0.6) is 23.0 Å². The molecule has 0 aliphatic rings. The predicted molar refractivity (Wildman–Crippen MR) is 77.0 cm³/mol. The molecule has 0 heterocycles. The molecule has 20 heavy (non-hydrogen) atoms. The van der Waals surface area contributed by atoms with Crippen molar-refractivity contribution in [2.24, 2.45) is 0 Å². The Balaban J connectivity index is 2.47. The highest BCUT2D eigenvalue weighted by Crippen LogP contribution is 2.41. The Morgan fingerprint density at radius 1 is 0.950 bits per heavy atom. The minimum atomic E-state index is -0.216. The molecule has 1 N–H and O–H groups in total. The van der Waals surface area contributed by atoms with Crippen LogP contribution in [0, 0.1) is 0 Å². The molecule has 2 aromatic carbocycles. The van der Waals surface area contributed by atoms with Crippen LogP contribution in [0.3, 0.4) is 0 Å². The number of halogens is 1. The van der Waals surface area contributed by atoms with Gasteiger partial charge in [0.15, 0.2) is 11.5 Å². The van der Waals surface area contributed by atoms with Gasteiger partial charge < -0.3 is 19.3 Å². The summed E-state index contributed by atoms with van der Waals surface area (Å²) >= 11 is 6.04. The van der Waals surface area contributed by atoms with Crippen molar-refractivity contribution in [1.82, 2.24) is 0 Å². The van der Waals surface area contributed by atoms with E-state index in [1.807, 2.05) is 0 Å². The highest BCUT2D eigenvalue weighted by Gasteiger charge is 2.15. The Morgan fingerprint density at radius 3 is 2.05 bits per heavy atom. The first-order valence-electron chi connectivity index (χ1n) is 5.98. The van der Waals surface area contributed by atoms with Crippen molar-refractivity contribution in [3.05, 3.63) is 47.0 Å². The van der Waals surface area contributed by atoms with Gasteiger partial charge in [0.1, 0.15) is 5.75 Å². The topological polar surface area (TPSA) is 47.9 Å². The normalized spacial score (nSPS) is 10.2. The van der Waals surface area contributed by atoms with Gasteiger partial charge in [-0.05, 0) is 24.3 Å². The molecule has 0 amide bonds. The van der Waals surface area contributed by atoms with Crippen molar-refractivity contribution in [2.45, 2.75) is 6.61 Å². The number of hydrogen-bond donors (Lipinski definition) is 1. The van der Waals surface area contributed by atoms with Gasteiger partial charge in [-0.25, -0.2) is 0 Å². The SMILES string of the molecule is COc1cccc(OC)c1Oc1cccc(Cl)c1CO. The van der Waals surface area contributed by atoms with E-state index in [1.54, 1.807) is 50.6 Å². The average molecular weight is 295 g/mol. The van der Waals surface area contributed by atoms with Crippen LogP contribution in [0.25, 0.3) is 0 Å². The molecule has 0 saturated heterocycles. The molecule has 2 aromatic rings. The summed E-state index contributed by atoms with van der Waals surface area (Å²) in [4.78, 5) is 0. The number of aliphatic hydroxyl groups excluding tert-OH is 1. The van der Waals surface area contributed by atoms with E-state index in [0.717, 1.165) is 0 Å². The molecule has 0 unspecified atom stereocenters. The largest absolute Gasteiger partial charge is 0.493 e. The highest BCUT2D eigenvalue weighted by atomic mass is 35.5. The van der Waals surface area contributed by atoms with E-state index in [2.05, 4.69) is 0 Å². The molecule has 0 bridgehead atoms. The van der Waals surface area contributed by atoms with Crippen molar-refractivity contribution in [2.75, 3.05) is 14.2 Å². The third-order valence-electron chi connectivity index (χ3n) is 2.83. The second-order valence-electron chi connectivity index (χ2n) is 3.97. The zero-order valence-corrected chi connectivity index (χ0v) is 12.0. The van der Waals surface area contributed by atoms with Gasteiger partial charge >= 0.3 is 0 Å². The van der Waals surface area contributed by atoms with Crippen LogP contribution in [0.1, 0.15) is 5.56 Å². The smallest absolute Gasteiger partial charge is 0.211 e. The number of para-hydroxylation sites is 1. The molecule has 5 heteroatoms. The lowest BCUT2D eigenvalue weighted by atomic mass is 10.2. The fraction of sp³-hybridized carbons (Fsp3) is 0.200. The number of benzene rings is 2. The van der Waals surface area contributed by atoms with Crippen molar-refractivity contribution in [3.63, 3.8) is 0 Å². The van der Waals surface area contributed by atoms with E-state index in [1.165, 1.54) is 0 Å². The number of methoxy groups -OCH3 is 2. The van der Waals surface area contributed by atoms with Crippen LogP contribution in [-0.4, -0.2) is 19.3 Å².